The number of nitrogens with zero attached hydrogens (tertiary/aromatic N) is 1. The third-order valence-electron chi connectivity index (χ3n) is 6.47. The summed E-state index contributed by atoms with van der Waals surface area (Å²) >= 11 is 0. The van der Waals surface area contributed by atoms with Gasteiger partial charge in [-0.15, -0.1) is 0 Å². The molecule has 2 aromatic carbocycles. The van der Waals surface area contributed by atoms with Gasteiger partial charge in [-0.05, 0) is 56.5 Å². The van der Waals surface area contributed by atoms with Crippen LogP contribution >= 0.6 is 0 Å². The van der Waals surface area contributed by atoms with E-state index in [1.54, 1.807) is 37.9 Å². The molecule has 9 heteroatoms. The number of aldehydes is 1. The standard InChI is InChI=1S/C28H32FN3O5/c1-28(2,3)37-27(35)32-12-11-19(16-33)25(32)23(22-14-30-24-13-20(29)9-10-21(22)24)15-31-26(34)36-17-18-7-5-4-6-8-18/h4-10,13-14,16,19,23,25,30H,11-12,15,17H2,1-3H3,(H,31,34)/t19?,23-,25-/m0/s1. The second-order valence-corrected chi connectivity index (χ2v) is 10.2. The highest BCUT2D eigenvalue weighted by Crippen LogP contribution is 2.38. The molecule has 8 nitrogen and oxygen atoms in total. The molecule has 0 bridgehead atoms. The predicted molar refractivity (Wildman–Crippen MR) is 137 cm³/mol. The summed E-state index contributed by atoms with van der Waals surface area (Å²) in [4.78, 5) is 42.5. The minimum atomic E-state index is -0.714. The summed E-state index contributed by atoms with van der Waals surface area (Å²) in [6.45, 7) is 5.88. The molecule has 37 heavy (non-hydrogen) atoms. The summed E-state index contributed by atoms with van der Waals surface area (Å²) in [5.41, 5.74) is 1.47. The van der Waals surface area contributed by atoms with Crippen molar-refractivity contribution in [3.63, 3.8) is 0 Å². The number of likely N-dealkylation sites (tertiary alicyclic amines) is 1. The van der Waals surface area contributed by atoms with Crippen molar-refractivity contribution in [3.05, 3.63) is 71.7 Å². The summed E-state index contributed by atoms with van der Waals surface area (Å²) in [6, 6.07) is 13.1. The number of aromatic nitrogens is 1. The molecule has 0 spiro atoms. The molecule has 1 fully saturated rings. The van der Waals surface area contributed by atoms with Crippen molar-refractivity contribution in [2.45, 2.75) is 51.4 Å². The van der Waals surface area contributed by atoms with Crippen molar-refractivity contribution in [2.24, 2.45) is 5.92 Å². The van der Waals surface area contributed by atoms with Crippen LogP contribution in [-0.4, -0.2) is 53.1 Å². The Morgan fingerprint density at radius 3 is 2.68 bits per heavy atom. The minimum absolute atomic E-state index is 0.0895. The van der Waals surface area contributed by atoms with Crippen LogP contribution in [0.4, 0.5) is 14.0 Å². The van der Waals surface area contributed by atoms with Crippen molar-refractivity contribution >= 4 is 29.4 Å². The van der Waals surface area contributed by atoms with Crippen LogP contribution in [0.5, 0.6) is 0 Å². The van der Waals surface area contributed by atoms with E-state index in [0.717, 1.165) is 22.8 Å². The van der Waals surface area contributed by atoms with E-state index in [2.05, 4.69) is 10.3 Å². The summed E-state index contributed by atoms with van der Waals surface area (Å²) in [5.74, 6) is -1.35. The van der Waals surface area contributed by atoms with Crippen molar-refractivity contribution in [2.75, 3.05) is 13.1 Å². The topological polar surface area (TPSA) is 101 Å². The van der Waals surface area contributed by atoms with E-state index in [1.165, 1.54) is 12.1 Å². The maximum absolute atomic E-state index is 13.9. The Morgan fingerprint density at radius 2 is 1.97 bits per heavy atom. The molecule has 0 aliphatic carbocycles. The number of rotatable bonds is 7. The number of aromatic amines is 1. The highest BCUT2D eigenvalue weighted by molar-refractivity contribution is 5.84. The third-order valence-corrected chi connectivity index (χ3v) is 6.47. The molecule has 0 saturated carbocycles. The van der Waals surface area contributed by atoms with Gasteiger partial charge in [-0.25, -0.2) is 14.0 Å². The molecule has 2 heterocycles. The van der Waals surface area contributed by atoms with Gasteiger partial charge in [0, 0.05) is 42.0 Å². The molecule has 3 aromatic rings. The van der Waals surface area contributed by atoms with Gasteiger partial charge < -0.3 is 29.5 Å². The lowest BCUT2D eigenvalue weighted by Gasteiger charge is -2.34. The lowest BCUT2D eigenvalue weighted by atomic mass is 9.84. The first-order valence-corrected chi connectivity index (χ1v) is 12.3. The fraction of sp³-hybridized carbons (Fsp3) is 0.393. The van der Waals surface area contributed by atoms with Crippen LogP contribution in [0.2, 0.25) is 0 Å². The number of ether oxygens (including phenoxy) is 2. The zero-order valence-electron chi connectivity index (χ0n) is 21.2. The van der Waals surface area contributed by atoms with Gasteiger partial charge in [-0.3, -0.25) is 0 Å². The normalized spacial score (nSPS) is 18.4. The van der Waals surface area contributed by atoms with Crippen LogP contribution < -0.4 is 5.32 Å². The first-order valence-electron chi connectivity index (χ1n) is 12.3. The molecular weight excluding hydrogens is 477 g/mol. The Balaban J connectivity index is 1.62. The molecule has 1 aliphatic heterocycles. The van der Waals surface area contributed by atoms with Crippen molar-refractivity contribution in [1.29, 1.82) is 0 Å². The average Bonchev–Trinajstić information content (AvgIpc) is 3.47. The largest absolute Gasteiger partial charge is 0.445 e. The molecule has 196 valence electrons. The van der Waals surface area contributed by atoms with E-state index in [4.69, 9.17) is 9.47 Å². The SMILES string of the molecule is CC(C)(C)OC(=O)N1CCC(C=O)[C@H]1[C@@H](CNC(=O)OCc1ccccc1)c1c[nH]c2cc(F)ccc12. The number of fused-ring (bicyclic) bond motifs is 1. The van der Waals surface area contributed by atoms with Crippen molar-refractivity contribution in [1.82, 2.24) is 15.2 Å². The Kier molecular flexibility index (Phi) is 7.80. The molecular formula is C28H32FN3O5. The van der Waals surface area contributed by atoms with Gasteiger partial charge in [0.2, 0.25) is 0 Å². The molecule has 2 N–H and O–H groups in total. The second kappa shape index (κ2) is 11.0. The van der Waals surface area contributed by atoms with Gasteiger partial charge in [0.25, 0.3) is 0 Å². The molecule has 1 saturated heterocycles. The number of benzene rings is 2. The highest BCUT2D eigenvalue weighted by atomic mass is 19.1. The van der Waals surface area contributed by atoms with Gasteiger partial charge in [0.05, 0.1) is 6.04 Å². The quantitative estimate of drug-likeness (QED) is 0.430. The maximum atomic E-state index is 13.9. The maximum Gasteiger partial charge on any atom is 0.410 e. The Morgan fingerprint density at radius 1 is 1.22 bits per heavy atom. The van der Waals surface area contributed by atoms with E-state index in [-0.39, 0.29) is 19.0 Å². The Bertz CT molecular complexity index is 1250. The molecule has 4 rings (SSSR count). The number of amides is 2. The number of hydrogen-bond donors (Lipinski definition) is 2. The smallest absolute Gasteiger partial charge is 0.410 e. The molecule has 2 amide bonds. The summed E-state index contributed by atoms with van der Waals surface area (Å²) in [7, 11) is 0. The zero-order valence-corrected chi connectivity index (χ0v) is 21.2. The first kappa shape index (κ1) is 26.2. The zero-order chi connectivity index (χ0) is 26.6. The highest BCUT2D eigenvalue weighted by Gasteiger charge is 2.44. The molecule has 1 aliphatic rings. The van der Waals surface area contributed by atoms with Crippen molar-refractivity contribution < 1.29 is 28.2 Å². The third kappa shape index (κ3) is 6.28. The van der Waals surface area contributed by atoms with Crippen LogP contribution in [0.3, 0.4) is 0 Å². The monoisotopic (exact) mass is 509 g/mol. The summed E-state index contributed by atoms with van der Waals surface area (Å²) < 4.78 is 24.9. The number of carbonyl (C=O) groups is 3. The van der Waals surface area contributed by atoms with E-state index in [1.807, 2.05) is 30.3 Å². The summed E-state index contributed by atoms with van der Waals surface area (Å²) in [5, 5.41) is 3.54. The fourth-order valence-corrected chi connectivity index (χ4v) is 4.85. The number of carbonyl (C=O) groups excluding carboxylic acids is 3. The van der Waals surface area contributed by atoms with E-state index in [9.17, 15) is 18.8 Å². The second-order valence-electron chi connectivity index (χ2n) is 10.2. The number of alkyl carbamates (subject to hydrolysis) is 1. The van der Waals surface area contributed by atoms with Crippen LogP contribution in [0.1, 0.15) is 44.2 Å². The molecule has 1 aromatic heterocycles. The van der Waals surface area contributed by atoms with E-state index in [0.29, 0.717) is 18.5 Å². The number of hydrogen-bond acceptors (Lipinski definition) is 5. The molecule has 3 atom stereocenters. The van der Waals surface area contributed by atoms with E-state index >= 15 is 0 Å². The van der Waals surface area contributed by atoms with Gasteiger partial charge in [0.1, 0.15) is 24.3 Å². The number of nitrogens with one attached hydrogen (secondary N) is 2. The number of halogens is 1. The van der Waals surface area contributed by atoms with Crippen LogP contribution in [0.15, 0.2) is 54.7 Å². The Labute approximate surface area is 215 Å². The lowest BCUT2D eigenvalue weighted by Crippen LogP contribution is -2.47. The minimum Gasteiger partial charge on any atom is -0.445 e. The predicted octanol–water partition coefficient (Wildman–Crippen LogP) is 5.14. The lowest BCUT2D eigenvalue weighted by molar-refractivity contribution is -0.111. The molecule has 1 unspecified atom stereocenters. The van der Waals surface area contributed by atoms with Crippen molar-refractivity contribution in [3.8, 4) is 0 Å². The van der Waals surface area contributed by atoms with E-state index < -0.39 is 35.7 Å². The van der Waals surface area contributed by atoms with Gasteiger partial charge >= 0.3 is 12.2 Å². The fourth-order valence-electron chi connectivity index (χ4n) is 4.85. The van der Waals surface area contributed by atoms with Crippen LogP contribution in [0.25, 0.3) is 10.9 Å². The summed E-state index contributed by atoms with van der Waals surface area (Å²) in [6.07, 6.45) is 1.91. The van der Waals surface area contributed by atoms with Crippen LogP contribution in [0, 0.1) is 11.7 Å². The van der Waals surface area contributed by atoms with Gasteiger partial charge in [-0.1, -0.05) is 30.3 Å². The average molecular weight is 510 g/mol. The van der Waals surface area contributed by atoms with Gasteiger partial charge in [-0.2, -0.15) is 0 Å². The first-order chi connectivity index (χ1) is 17.7. The molecule has 0 radical (unpaired) electrons. The Hall–Kier alpha value is -3.88. The van der Waals surface area contributed by atoms with Crippen LogP contribution in [-0.2, 0) is 20.9 Å². The van der Waals surface area contributed by atoms with Gasteiger partial charge in [0.15, 0.2) is 0 Å². The number of H-pyrrole nitrogens is 1.